The molecular weight excluding hydrogens is 435 g/mol. The fourth-order valence-corrected chi connectivity index (χ4v) is 4.10. The zero-order valence-corrected chi connectivity index (χ0v) is 16.9. The highest BCUT2D eigenvalue weighted by atomic mass is 35.5. The summed E-state index contributed by atoms with van der Waals surface area (Å²) in [6, 6.07) is 17.1. The highest BCUT2D eigenvalue weighted by molar-refractivity contribution is 7.14. The van der Waals surface area contributed by atoms with E-state index in [1.165, 1.54) is 5.01 Å². The topological polar surface area (TPSA) is 44.7 Å². The van der Waals surface area contributed by atoms with Crippen LogP contribution in [0.25, 0.3) is 0 Å². The van der Waals surface area contributed by atoms with Gasteiger partial charge in [0.15, 0.2) is 0 Å². The molecule has 0 aliphatic carbocycles. The van der Waals surface area contributed by atoms with Gasteiger partial charge < -0.3 is 0 Å². The molecule has 0 spiro atoms. The summed E-state index contributed by atoms with van der Waals surface area (Å²) in [5.41, 5.74) is 1.70. The number of thiophene rings is 1. The maximum atomic E-state index is 12.8. The van der Waals surface area contributed by atoms with Crippen LogP contribution < -0.4 is 5.32 Å². The summed E-state index contributed by atoms with van der Waals surface area (Å²) in [6.45, 7) is 0.269. The molecule has 1 atom stereocenters. The molecule has 1 aliphatic heterocycles. The summed E-state index contributed by atoms with van der Waals surface area (Å²) in [5.74, 6) is -0.174. The number of anilines is 1. The summed E-state index contributed by atoms with van der Waals surface area (Å²) in [4.78, 5) is 12.7. The van der Waals surface area contributed by atoms with Gasteiger partial charge in [-0.05, 0) is 29.3 Å². The maximum Gasteiger partial charge on any atom is 0.417 e. The summed E-state index contributed by atoms with van der Waals surface area (Å²) in [7, 11) is 0. The van der Waals surface area contributed by atoms with E-state index in [4.69, 9.17) is 11.6 Å². The largest absolute Gasteiger partial charge is 0.417 e. The Kier molecular flexibility index (Phi) is 5.53. The van der Waals surface area contributed by atoms with Crippen molar-refractivity contribution >= 4 is 39.7 Å². The molecule has 2 amide bonds. The number of rotatable bonds is 3. The number of nitrogens with one attached hydrogen (secondary N) is 1. The van der Waals surface area contributed by atoms with Gasteiger partial charge in [-0.1, -0.05) is 54.1 Å². The Bertz CT molecular complexity index is 1080. The van der Waals surface area contributed by atoms with Gasteiger partial charge in [0.25, 0.3) is 0 Å². The van der Waals surface area contributed by atoms with Crippen LogP contribution >= 0.6 is 22.9 Å². The van der Waals surface area contributed by atoms with Gasteiger partial charge in [0.2, 0.25) is 0 Å². The Morgan fingerprint density at radius 3 is 2.47 bits per heavy atom. The van der Waals surface area contributed by atoms with Gasteiger partial charge in [0, 0.05) is 16.3 Å². The molecule has 1 N–H and O–H groups in total. The van der Waals surface area contributed by atoms with Gasteiger partial charge in [-0.25, -0.2) is 9.80 Å². The summed E-state index contributed by atoms with van der Waals surface area (Å²) < 4.78 is 38.4. The Morgan fingerprint density at radius 2 is 1.83 bits per heavy atom. The van der Waals surface area contributed by atoms with Crippen molar-refractivity contribution in [3.05, 3.63) is 87.8 Å². The number of carbonyl (C=O) groups excluding carboxylic acids is 1. The minimum absolute atomic E-state index is 0.110. The van der Waals surface area contributed by atoms with E-state index >= 15 is 0 Å². The van der Waals surface area contributed by atoms with Crippen molar-refractivity contribution in [3.63, 3.8) is 0 Å². The first-order valence-electron chi connectivity index (χ1n) is 8.95. The van der Waals surface area contributed by atoms with Crippen LogP contribution in [0.5, 0.6) is 0 Å². The number of hydrazone groups is 1. The number of benzene rings is 2. The van der Waals surface area contributed by atoms with Crippen LogP contribution in [-0.2, 0) is 6.18 Å². The van der Waals surface area contributed by atoms with Gasteiger partial charge in [-0.15, -0.1) is 11.3 Å². The second-order valence-electron chi connectivity index (χ2n) is 6.67. The second kappa shape index (κ2) is 8.12. The number of halogens is 4. The van der Waals surface area contributed by atoms with Crippen molar-refractivity contribution < 1.29 is 18.0 Å². The molecule has 30 heavy (non-hydrogen) atoms. The highest BCUT2D eigenvalue weighted by Gasteiger charge is 2.34. The van der Waals surface area contributed by atoms with Crippen molar-refractivity contribution in [2.24, 2.45) is 5.10 Å². The summed E-state index contributed by atoms with van der Waals surface area (Å²) >= 11 is 6.80. The maximum absolute atomic E-state index is 12.8. The number of nitrogens with zero attached hydrogens (tertiary/aromatic N) is 2. The van der Waals surface area contributed by atoms with Crippen molar-refractivity contribution in [2.45, 2.75) is 12.1 Å². The number of alkyl halides is 3. The van der Waals surface area contributed by atoms with E-state index in [2.05, 4.69) is 10.4 Å². The molecule has 1 aromatic heterocycles. The molecule has 4 nitrogen and oxygen atoms in total. The molecule has 2 heterocycles. The fraction of sp³-hybridized carbons (Fsp3) is 0.143. The molecular formula is C21H15ClF3N3OS. The minimum atomic E-state index is -4.45. The lowest BCUT2D eigenvalue weighted by atomic mass is 9.91. The number of hydrogen-bond donors (Lipinski definition) is 1. The molecule has 0 saturated heterocycles. The first-order chi connectivity index (χ1) is 14.3. The van der Waals surface area contributed by atoms with Crippen molar-refractivity contribution in [3.8, 4) is 0 Å². The smallest absolute Gasteiger partial charge is 0.298 e. The van der Waals surface area contributed by atoms with E-state index < -0.39 is 17.8 Å². The van der Waals surface area contributed by atoms with E-state index in [1.807, 2.05) is 42.5 Å². The minimum Gasteiger partial charge on any atom is -0.298 e. The standard InChI is InChI=1S/C21H15ClF3N3OS/c22-16-8-6-14(7-9-16)19-17(13-4-2-1-3-5-13)11-28(27-19)20(29)26-18-10-15(12-30-18)21(23,24)25/h1-10,12,17H,11H2,(H,26,29). The number of urea groups is 1. The molecule has 4 rings (SSSR count). The Labute approximate surface area is 179 Å². The average molecular weight is 450 g/mol. The number of hydrogen-bond acceptors (Lipinski definition) is 3. The quantitative estimate of drug-likeness (QED) is 0.490. The Balaban J connectivity index is 1.59. The molecule has 9 heteroatoms. The molecule has 0 saturated carbocycles. The monoisotopic (exact) mass is 449 g/mol. The van der Waals surface area contributed by atoms with Crippen LogP contribution in [0.15, 0.2) is 71.1 Å². The van der Waals surface area contributed by atoms with Gasteiger partial charge in [-0.3, -0.25) is 5.32 Å². The van der Waals surface area contributed by atoms with Gasteiger partial charge in [-0.2, -0.15) is 18.3 Å². The lowest BCUT2D eigenvalue weighted by molar-refractivity contribution is -0.137. The first kappa shape index (κ1) is 20.4. The average Bonchev–Trinajstić information content (AvgIpc) is 3.36. The van der Waals surface area contributed by atoms with Crippen LogP contribution in [0.1, 0.15) is 22.6 Å². The fourth-order valence-electron chi connectivity index (χ4n) is 3.18. The SMILES string of the molecule is O=C(Nc1cc(C(F)(F)F)cs1)N1CC(c2ccccc2)C(c2ccc(Cl)cc2)=N1. The van der Waals surface area contributed by atoms with Crippen LogP contribution in [0.2, 0.25) is 5.02 Å². The molecule has 1 aliphatic rings. The molecule has 0 fully saturated rings. The van der Waals surface area contributed by atoms with Gasteiger partial charge in [0.1, 0.15) is 0 Å². The summed E-state index contributed by atoms with van der Waals surface area (Å²) in [6.07, 6.45) is -4.45. The molecule has 0 bridgehead atoms. The van der Waals surface area contributed by atoms with E-state index in [0.717, 1.165) is 33.9 Å². The third-order valence-corrected chi connectivity index (χ3v) is 5.74. The lowest BCUT2D eigenvalue weighted by Gasteiger charge is -2.15. The van der Waals surface area contributed by atoms with Crippen molar-refractivity contribution in [2.75, 3.05) is 11.9 Å². The number of carbonyl (C=O) groups is 1. The molecule has 154 valence electrons. The van der Waals surface area contributed by atoms with E-state index in [9.17, 15) is 18.0 Å². The normalized spacial score (nSPS) is 16.5. The third-order valence-electron chi connectivity index (χ3n) is 4.65. The first-order valence-corrected chi connectivity index (χ1v) is 10.2. The Hall–Kier alpha value is -2.84. The van der Waals surface area contributed by atoms with Crippen molar-refractivity contribution in [1.29, 1.82) is 0 Å². The zero-order valence-electron chi connectivity index (χ0n) is 15.4. The van der Waals surface area contributed by atoms with Crippen LogP contribution in [0.3, 0.4) is 0 Å². The predicted octanol–water partition coefficient (Wildman–Crippen LogP) is 6.46. The Morgan fingerprint density at radius 1 is 1.13 bits per heavy atom. The van der Waals surface area contributed by atoms with Gasteiger partial charge >= 0.3 is 12.2 Å². The van der Waals surface area contributed by atoms with Crippen LogP contribution in [0, 0.1) is 0 Å². The van der Waals surface area contributed by atoms with E-state index in [0.29, 0.717) is 10.7 Å². The highest BCUT2D eigenvalue weighted by Crippen LogP contribution is 2.35. The molecule has 3 aromatic rings. The predicted molar refractivity (Wildman–Crippen MR) is 112 cm³/mol. The zero-order chi connectivity index (χ0) is 21.3. The number of amides is 2. The second-order valence-corrected chi connectivity index (χ2v) is 8.01. The summed E-state index contributed by atoms with van der Waals surface area (Å²) in [5, 5.41) is 9.89. The molecule has 1 unspecified atom stereocenters. The van der Waals surface area contributed by atoms with Crippen LogP contribution in [-0.4, -0.2) is 23.3 Å². The molecule has 0 radical (unpaired) electrons. The van der Waals surface area contributed by atoms with Gasteiger partial charge in [0.05, 0.1) is 22.8 Å². The third kappa shape index (κ3) is 4.34. The lowest BCUT2D eigenvalue weighted by Crippen LogP contribution is -2.30. The van der Waals surface area contributed by atoms with E-state index in [-0.39, 0.29) is 17.5 Å². The van der Waals surface area contributed by atoms with Crippen molar-refractivity contribution in [1.82, 2.24) is 5.01 Å². The van der Waals surface area contributed by atoms with Crippen LogP contribution in [0.4, 0.5) is 23.0 Å². The molecule has 2 aromatic carbocycles. The van der Waals surface area contributed by atoms with E-state index in [1.54, 1.807) is 12.1 Å².